The van der Waals surface area contributed by atoms with Crippen LogP contribution in [0.15, 0.2) is 48.5 Å². The summed E-state index contributed by atoms with van der Waals surface area (Å²) in [6, 6.07) is 15.6. The highest BCUT2D eigenvalue weighted by atomic mass is 35.5. The minimum Gasteiger partial charge on any atom is -0.627 e. The van der Waals surface area contributed by atoms with Gasteiger partial charge in [-0.1, -0.05) is 43.1 Å². The van der Waals surface area contributed by atoms with Crippen LogP contribution in [0.2, 0.25) is 5.02 Å². The van der Waals surface area contributed by atoms with Crippen molar-refractivity contribution in [2.75, 3.05) is 18.4 Å². The number of hydroxylamine groups is 2. The van der Waals surface area contributed by atoms with E-state index in [2.05, 4.69) is 19.2 Å². The van der Waals surface area contributed by atoms with Gasteiger partial charge in [0.1, 0.15) is 24.3 Å². The molecule has 1 N–H and O–H groups in total. The van der Waals surface area contributed by atoms with E-state index >= 15 is 0 Å². The van der Waals surface area contributed by atoms with Gasteiger partial charge in [-0.15, -0.1) is 0 Å². The maximum Gasteiger partial charge on any atom is 0.140 e. The van der Waals surface area contributed by atoms with Gasteiger partial charge in [-0.2, -0.15) is 0 Å². The van der Waals surface area contributed by atoms with Gasteiger partial charge in [0.2, 0.25) is 0 Å². The molecule has 3 rings (SSSR count). The van der Waals surface area contributed by atoms with Gasteiger partial charge in [0.05, 0.1) is 0 Å². The lowest BCUT2D eigenvalue weighted by Gasteiger charge is -2.61. The van der Waals surface area contributed by atoms with Crippen LogP contribution < -0.4 is 9.96 Å². The monoisotopic (exact) mass is 330 g/mol. The second kappa shape index (κ2) is 5.82. The predicted octanol–water partition coefficient (Wildman–Crippen LogP) is 4.97. The van der Waals surface area contributed by atoms with E-state index in [1.54, 1.807) is 0 Å². The molecule has 0 aliphatic carbocycles. The molecule has 23 heavy (non-hydrogen) atoms. The molecule has 0 unspecified atom stereocenters. The van der Waals surface area contributed by atoms with Gasteiger partial charge in [0.15, 0.2) is 0 Å². The predicted molar refractivity (Wildman–Crippen MR) is 98.7 cm³/mol. The number of anilines is 1. The minimum atomic E-state index is -0.265. The molecule has 0 radical (unpaired) electrons. The lowest BCUT2D eigenvalue weighted by atomic mass is 9.78. The Hall–Kier alpha value is -1.55. The average molecular weight is 331 g/mol. The van der Waals surface area contributed by atoms with E-state index in [0.717, 1.165) is 16.4 Å². The van der Waals surface area contributed by atoms with Crippen molar-refractivity contribution in [3.05, 3.63) is 64.3 Å². The molecule has 1 heterocycles. The maximum atomic E-state index is 13.1. The van der Waals surface area contributed by atoms with Crippen molar-refractivity contribution in [2.24, 2.45) is 5.92 Å². The Kier molecular flexibility index (Phi) is 4.13. The zero-order valence-corrected chi connectivity index (χ0v) is 14.6. The van der Waals surface area contributed by atoms with E-state index in [-0.39, 0.29) is 10.2 Å². The van der Waals surface area contributed by atoms with Gasteiger partial charge in [0.25, 0.3) is 0 Å². The number of benzene rings is 2. The van der Waals surface area contributed by atoms with E-state index in [9.17, 15) is 5.21 Å². The van der Waals surface area contributed by atoms with Gasteiger partial charge in [-0.3, -0.25) is 0 Å². The fraction of sp³-hybridized carbons (Fsp3) is 0.368. The number of nitrogens with zero attached hydrogens (tertiary/aromatic N) is 1. The Morgan fingerprint density at radius 1 is 1.04 bits per heavy atom. The van der Waals surface area contributed by atoms with Crippen LogP contribution in [0.5, 0.6) is 0 Å². The van der Waals surface area contributed by atoms with Crippen molar-refractivity contribution in [1.82, 2.24) is 4.65 Å². The molecule has 2 aromatic carbocycles. The smallest absolute Gasteiger partial charge is 0.140 e. The highest BCUT2D eigenvalue weighted by Gasteiger charge is 2.54. The van der Waals surface area contributed by atoms with E-state index < -0.39 is 0 Å². The van der Waals surface area contributed by atoms with Crippen molar-refractivity contribution in [2.45, 2.75) is 26.3 Å². The normalized spacial score (nSPS) is 26.9. The number of halogens is 1. The molecule has 1 fully saturated rings. The van der Waals surface area contributed by atoms with E-state index in [4.69, 9.17) is 11.6 Å². The summed E-state index contributed by atoms with van der Waals surface area (Å²) in [4.78, 5) is 0. The Labute approximate surface area is 143 Å². The SMILES string of the molecule is Cc1ccc([N+]2([O-])CC(Nc3ccc(Cl)cc3)(C(C)C)C2)cc1. The van der Waals surface area contributed by atoms with Crippen LogP contribution in [-0.2, 0) is 0 Å². The van der Waals surface area contributed by atoms with Crippen LogP contribution in [0.25, 0.3) is 0 Å². The molecular formula is C19H23ClN2O. The quantitative estimate of drug-likeness (QED) is 0.634. The highest BCUT2D eigenvalue weighted by molar-refractivity contribution is 6.30. The summed E-state index contributed by atoms with van der Waals surface area (Å²) in [5, 5.41) is 17.4. The van der Waals surface area contributed by atoms with Crippen molar-refractivity contribution in [3.63, 3.8) is 0 Å². The summed E-state index contributed by atoms with van der Waals surface area (Å²) in [5.41, 5.74) is 2.85. The third-order valence-corrected chi connectivity index (χ3v) is 5.17. The topological polar surface area (TPSA) is 35.1 Å². The fourth-order valence-electron chi connectivity index (χ4n) is 3.27. The lowest BCUT2D eigenvalue weighted by molar-refractivity contribution is 0.103. The largest absolute Gasteiger partial charge is 0.627 e. The Bertz CT molecular complexity index is 674. The maximum absolute atomic E-state index is 13.1. The molecule has 0 spiro atoms. The van der Waals surface area contributed by atoms with E-state index in [1.165, 1.54) is 5.56 Å². The Morgan fingerprint density at radius 3 is 2.13 bits per heavy atom. The lowest BCUT2D eigenvalue weighted by Crippen LogP contribution is -2.77. The second-order valence-corrected chi connectivity index (χ2v) is 7.42. The Morgan fingerprint density at radius 2 is 1.61 bits per heavy atom. The van der Waals surface area contributed by atoms with Crippen LogP contribution in [0.1, 0.15) is 19.4 Å². The molecular weight excluding hydrogens is 308 g/mol. The third-order valence-electron chi connectivity index (χ3n) is 4.92. The zero-order chi connectivity index (χ0) is 16.7. The molecule has 3 nitrogen and oxygen atoms in total. The fourth-order valence-corrected chi connectivity index (χ4v) is 3.40. The number of hydrogen-bond donors (Lipinski definition) is 1. The molecule has 0 bridgehead atoms. The van der Waals surface area contributed by atoms with Gasteiger partial charge >= 0.3 is 0 Å². The van der Waals surface area contributed by atoms with Crippen molar-refractivity contribution in [1.29, 1.82) is 0 Å². The molecule has 1 aliphatic heterocycles. The molecule has 122 valence electrons. The summed E-state index contributed by atoms with van der Waals surface area (Å²) in [7, 11) is 0. The van der Waals surface area contributed by atoms with Gasteiger partial charge in [-0.05, 0) is 49.2 Å². The number of nitrogens with one attached hydrogen (secondary N) is 1. The molecule has 1 saturated heterocycles. The summed E-state index contributed by atoms with van der Waals surface area (Å²) in [6.07, 6.45) is 0. The van der Waals surface area contributed by atoms with Gasteiger partial charge < -0.3 is 15.2 Å². The first kappa shape index (κ1) is 16.3. The molecule has 0 aromatic heterocycles. The number of aryl methyl sites for hydroxylation is 1. The number of rotatable bonds is 4. The summed E-state index contributed by atoms with van der Waals surface area (Å²) in [6.45, 7) is 7.45. The zero-order valence-electron chi connectivity index (χ0n) is 13.8. The average Bonchev–Trinajstić information content (AvgIpc) is 2.48. The first-order valence-corrected chi connectivity index (χ1v) is 8.40. The molecule has 0 atom stereocenters. The first-order chi connectivity index (χ1) is 10.8. The van der Waals surface area contributed by atoms with Crippen LogP contribution in [0.4, 0.5) is 11.4 Å². The molecule has 0 amide bonds. The van der Waals surface area contributed by atoms with E-state index in [1.807, 2.05) is 55.5 Å². The van der Waals surface area contributed by atoms with Gasteiger partial charge in [-0.25, -0.2) is 0 Å². The van der Waals surface area contributed by atoms with Crippen molar-refractivity contribution in [3.8, 4) is 0 Å². The standard InChI is InChI=1S/C19H23ClN2O/c1-14(2)19(21-17-8-6-16(20)7-9-17)12-22(23,13-19)18-10-4-15(3)5-11-18/h4-11,14,21H,12-13H2,1-3H3. The Balaban J connectivity index is 1.80. The van der Waals surface area contributed by atoms with Crippen molar-refractivity contribution < 1.29 is 0 Å². The third kappa shape index (κ3) is 3.09. The van der Waals surface area contributed by atoms with Crippen LogP contribution in [0, 0.1) is 18.0 Å². The van der Waals surface area contributed by atoms with Crippen LogP contribution in [0.3, 0.4) is 0 Å². The summed E-state index contributed by atoms with van der Waals surface area (Å²) < 4.78 is -0.265. The van der Waals surface area contributed by atoms with Gasteiger partial charge in [0, 0.05) is 10.7 Å². The van der Waals surface area contributed by atoms with Crippen LogP contribution >= 0.6 is 11.6 Å². The molecule has 1 aliphatic rings. The second-order valence-electron chi connectivity index (χ2n) is 6.98. The minimum absolute atomic E-state index is 0.180. The summed E-state index contributed by atoms with van der Waals surface area (Å²) in [5.74, 6) is 0.365. The highest BCUT2D eigenvalue weighted by Crippen LogP contribution is 2.41. The van der Waals surface area contributed by atoms with Crippen molar-refractivity contribution >= 4 is 23.0 Å². The molecule has 0 saturated carbocycles. The molecule has 4 heteroatoms. The number of quaternary nitrogens is 1. The van der Waals surface area contributed by atoms with E-state index in [0.29, 0.717) is 19.0 Å². The first-order valence-electron chi connectivity index (χ1n) is 8.02. The summed E-state index contributed by atoms with van der Waals surface area (Å²) >= 11 is 5.95. The van der Waals surface area contributed by atoms with Crippen LogP contribution in [-0.4, -0.2) is 18.6 Å². The molecule has 2 aromatic rings. The number of hydrogen-bond acceptors (Lipinski definition) is 2.